The molecule has 1 atom stereocenters. The Morgan fingerprint density at radius 1 is 1.19 bits per heavy atom. The normalized spacial score (nSPS) is 11.8. The van der Waals surface area contributed by atoms with E-state index in [4.69, 9.17) is 16.7 Å². The molecule has 1 heterocycles. The number of carbonyl (C=O) groups is 1. The molecule has 138 valence electrons. The number of para-hydroxylation sites is 1. The van der Waals surface area contributed by atoms with Crippen molar-refractivity contribution in [3.8, 4) is 16.9 Å². The minimum absolute atomic E-state index is 0.0564. The Morgan fingerprint density at radius 2 is 1.85 bits per heavy atom. The minimum Gasteiger partial charge on any atom is -0.394 e. The number of halogens is 1. The first-order chi connectivity index (χ1) is 13.0. The van der Waals surface area contributed by atoms with E-state index in [0.29, 0.717) is 22.0 Å². The summed E-state index contributed by atoms with van der Waals surface area (Å²) in [7, 11) is 0. The van der Waals surface area contributed by atoms with Gasteiger partial charge in [0.1, 0.15) is 5.56 Å². The third kappa shape index (κ3) is 4.24. The van der Waals surface area contributed by atoms with Crippen LogP contribution in [-0.4, -0.2) is 33.4 Å². The Kier molecular flexibility index (Phi) is 5.69. The SMILES string of the molecule is CC(CO)NC(=O)c1cc(-c2ccc(Cl)cc2)nn(-c2ccccc2)c1=O. The maximum absolute atomic E-state index is 12.9. The van der Waals surface area contributed by atoms with Gasteiger partial charge in [0.25, 0.3) is 11.5 Å². The number of nitrogens with zero attached hydrogens (tertiary/aromatic N) is 2. The van der Waals surface area contributed by atoms with Crippen molar-refractivity contribution in [2.24, 2.45) is 0 Å². The highest BCUT2D eigenvalue weighted by molar-refractivity contribution is 6.30. The molecule has 0 aliphatic rings. The number of amides is 1. The van der Waals surface area contributed by atoms with E-state index in [0.717, 1.165) is 0 Å². The smallest absolute Gasteiger partial charge is 0.284 e. The average Bonchev–Trinajstić information content (AvgIpc) is 2.69. The van der Waals surface area contributed by atoms with Gasteiger partial charge in [-0.05, 0) is 37.3 Å². The summed E-state index contributed by atoms with van der Waals surface area (Å²) < 4.78 is 1.20. The maximum Gasteiger partial charge on any atom is 0.284 e. The van der Waals surface area contributed by atoms with E-state index < -0.39 is 17.5 Å². The van der Waals surface area contributed by atoms with E-state index in [1.807, 2.05) is 6.07 Å². The number of aliphatic hydroxyl groups excluding tert-OH is 1. The lowest BCUT2D eigenvalue weighted by molar-refractivity contribution is 0.0920. The molecule has 6 nitrogen and oxygen atoms in total. The van der Waals surface area contributed by atoms with Gasteiger partial charge in [-0.15, -0.1) is 0 Å². The number of hydrogen-bond donors (Lipinski definition) is 2. The van der Waals surface area contributed by atoms with Crippen LogP contribution in [0.4, 0.5) is 0 Å². The summed E-state index contributed by atoms with van der Waals surface area (Å²) in [5.41, 5.74) is 1.12. The summed E-state index contributed by atoms with van der Waals surface area (Å²) in [4.78, 5) is 25.4. The number of rotatable bonds is 5. The number of nitrogens with one attached hydrogen (secondary N) is 1. The molecule has 0 saturated carbocycles. The van der Waals surface area contributed by atoms with Gasteiger partial charge in [-0.1, -0.05) is 41.9 Å². The van der Waals surface area contributed by atoms with Crippen molar-refractivity contribution in [3.63, 3.8) is 0 Å². The second-order valence-electron chi connectivity index (χ2n) is 6.06. The first kappa shape index (κ1) is 18.8. The Labute approximate surface area is 161 Å². The number of aliphatic hydroxyl groups is 1. The van der Waals surface area contributed by atoms with Crippen LogP contribution in [0.25, 0.3) is 16.9 Å². The summed E-state index contributed by atoms with van der Waals surface area (Å²) in [6.45, 7) is 1.42. The molecule has 1 aromatic heterocycles. The van der Waals surface area contributed by atoms with E-state index in [1.165, 1.54) is 10.7 Å². The Morgan fingerprint density at radius 3 is 2.48 bits per heavy atom. The van der Waals surface area contributed by atoms with E-state index in [9.17, 15) is 9.59 Å². The Bertz CT molecular complexity index is 1000. The fourth-order valence-electron chi connectivity index (χ4n) is 2.51. The van der Waals surface area contributed by atoms with Gasteiger partial charge in [0.2, 0.25) is 0 Å². The van der Waals surface area contributed by atoms with Crippen LogP contribution in [0.15, 0.2) is 65.5 Å². The van der Waals surface area contributed by atoms with Gasteiger partial charge >= 0.3 is 0 Å². The van der Waals surface area contributed by atoms with Crippen LogP contribution in [0.2, 0.25) is 5.02 Å². The van der Waals surface area contributed by atoms with Crippen molar-refractivity contribution in [2.75, 3.05) is 6.61 Å². The fourth-order valence-corrected chi connectivity index (χ4v) is 2.64. The van der Waals surface area contributed by atoms with Crippen LogP contribution in [0, 0.1) is 0 Å². The minimum atomic E-state index is -0.566. The molecule has 7 heteroatoms. The quantitative estimate of drug-likeness (QED) is 0.709. The first-order valence-electron chi connectivity index (χ1n) is 8.37. The standard InChI is InChI=1S/C20H18ClN3O3/c1-13(12-25)22-19(26)17-11-18(14-7-9-15(21)10-8-14)23-24(20(17)27)16-5-3-2-4-6-16/h2-11,13,25H,12H2,1H3,(H,22,26). The number of hydrogen-bond acceptors (Lipinski definition) is 4. The van der Waals surface area contributed by atoms with Crippen molar-refractivity contribution in [3.05, 3.63) is 81.6 Å². The molecule has 3 rings (SSSR count). The lowest BCUT2D eigenvalue weighted by Crippen LogP contribution is -2.39. The van der Waals surface area contributed by atoms with E-state index in [1.54, 1.807) is 55.5 Å². The topological polar surface area (TPSA) is 84.2 Å². The fraction of sp³-hybridized carbons (Fsp3) is 0.150. The lowest BCUT2D eigenvalue weighted by atomic mass is 10.1. The van der Waals surface area contributed by atoms with Crippen molar-refractivity contribution in [1.82, 2.24) is 15.1 Å². The van der Waals surface area contributed by atoms with Crippen LogP contribution in [0.1, 0.15) is 17.3 Å². The van der Waals surface area contributed by atoms with E-state index >= 15 is 0 Å². The van der Waals surface area contributed by atoms with Gasteiger partial charge in [-0.2, -0.15) is 9.78 Å². The summed E-state index contributed by atoms with van der Waals surface area (Å²) >= 11 is 5.94. The second kappa shape index (κ2) is 8.16. The molecule has 0 bridgehead atoms. The van der Waals surface area contributed by atoms with Gasteiger partial charge in [-0.25, -0.2) is 0 Å². The number of aromatic nitrogens is 2. The van der Waals surface area contributed by atoms with E-state index in [2.05, 4.69) is 10.4 Å². The van der Waals surface area contributed by atoms with Crippen LogP contribution in [0.3, 0.4) is 0 Å². The lowest BCUT2D eigenvalue weighted by Gasteiger charge is -2.13. The highest BCUT2D eigenvalue weighted by Gasteiger charge is 2.18. The number of benzene rings is 2. The zero-order valence-electron chi connectivity index (χ0n) is 14.6. The van der Waals surface area contributed by atoms with Gasteiger partial charge < -0.3 is 10.4 Å². The third-order valence-corrected chi connectivity index (χ3v) is 4.20. The Balaban J connectivity index is 2.17. The molecule has 27 heavy (non-hydrogen) atoms. The van der Waals surface area contributed by atoms with Crippen LogP contribution < -0.4 is 10.9 Å². The van der Waals surface area contributed by atoms with Crippen molar-refractivity contribution in [1.29, 1.82) is 0 Å². The molecule has 0 fully saturated rings. The largest absolute Gasteiger partial charge is 0.394 e. The Hall–Kier alpha value is -2.96. The average molecular weight is 384 g/mol. The highest BCUT2D eigenvalue weighted by atomic mass is 35.5. The summed E-state index contributed by atoms with van der Waals surface area (Å²) in [5, 5.41) is 16.8. The molecule has 2 N–H and O–H groups in total. The van der Waals surface area contributed by atoms with Crippen molar-refractivity contribution in [2.45, 2.75) is 13.0 Å². The van der Waals surface area contributed by atoms with Crippen LogP contribution >= 0.6 is 11.6 Å². The summed E-state index contributed by atoms with van der Waals surface area (Å²) in [6, 6.07) is 16.8. The third-order valence-electron chi connectivity index (χ3n) is 3.95. The predicted octanol–water partition coefficient (Wildman–Crippen LogP) is 2.66. The zero-order chi connectivity index (χ0) is 19.4. The molecule has 0 aliphatic heterocycles. The van der Waals surface area contributed by atoms with Gasteiger partial charge in [0.05, 0.1) is 18.0 Å². The molecular weight excluding hydrogens is 366 g/mol. The highest BCUT2D eigenvalue weighted by Crippen LogP contribution is 2.20. The molecule has 0 aliphatic carbocycles. The predicted molar refractivity (Wildman–Crippen MR) is 104 cm³/mol. The van der Waals surface area contributed by atoms with Gasteiger partial charge in [0.15, 0.2) is 0 Å². The summed E-state index contributed by atoms with van der Waals surface area (Å²) in [6.07, 6.45) is 0. The van der Waals surface area contributed by atoms with Crippen molar-refractivity contribution >= 4 is 17.5 Å². The van der Waals surface area contributed by atoms with Crippen LogP contribution in [0.5, 0.6) is 0 Å². The molecule has 2 aromatic carbocycles. The molecular formula is C20H18ClN3O3. The molecule has 0 spiro atoms. The summed E-state index contributed by atoms with van der Waals surface area (Å²) in [5.74, 6) is -0.566. The van der Waals surface area contributed by atoms with Crippen LogP contribution in [-0.2, 0) is 0 Å². The molecule has 1 amide bonds. The monoisotopic (exact) mass is 383 g/mol. The molecule has 1 unspecified atom stereocenters. The zero-order valence-corrected chi connectivity index (χ0v) is 15.3. The van der Waals surface area contributed by atoms with Gasteiger partial charge in [0, 0.05) is 16.6 Å². The maximum atomic E-state index is 12.9. The van der Waals surface area contributed by atoms with Gasteiger partial charge in [-0.3, -0.25) is 9.59 Å². The molecule has 3 aromatic rings. The van der Waals surface area contributed by atoms with E-state index in [-0.39, 0.29) is 12.2 Å². The molecule has 0 saturated heterocycles. The second-order valence-corrected chi connectivity index (χ2v) is 6.50. The first-order valence-corrected chi connectivity index (χ1v) is 8.75. The molecule has 0 radical (unpaired) electrons. The van der Waals surface area contributed by atoms with Crippen molar-refractivity contribution < 1.29 is 9.90 Å². The number of carbonyl (C=O) groups excluding carboxylic acids is 1.